The number of nitrogens with zero attached hydrogens (tertiary/aromatic N) is 3. The first-order chi connectivity index (χ1) is 12.6. The highest BCUT2D eigenvalue weighted by molar-refractivity contribution is 5.92. The van der Waals surface area contributed by atoms with Crippen molar-refractivity contribution in [3.05, 3.63) is 24.0 Å². The molecule has 0 aromatic carbocycles. The van der Waals surface area contributed by atoms with E-state index in [1.807, 2.05) is 39.7 Å². The maximum Gasteiger partial charge on any atom is 0.270 e. The van der Waals surface area contributed by atoms with Gasteiger partial charge in [0.25, 0.3) is 5.91 Å². The monoisotopic (exact) mass is 359 g/mol. The Morgan fingerprint density at radius 1 is 1.31 bits per heavy atom. The molecule has 0 radical (unpaired) electrons. The minimum absolute atomic E-state index is 0.121. The zero-order valence-corrected chi connectivity index (χ0v) is 15.7. The smallest absolute Gasteiger partial charge is 0.270 e. The molecule has 142 valence electrons. The standard InChI is InChI=1S/C20H29N3O3/c1-21-10-2-5-17(21)19(25)22-11-8-20(9-12-22)7-6-18(24)23(15-20)14-16-4-3-13-26-16/h2,5,10,16H,3-4,6-9,11-15H2,1H3. The van der Waals surface area contributed by atoms with Crippen molar-refractivity contribution in [3.8, 4) is 0 Å². The lowest BCUT2D eigenvalue weighted by molar-refractivity contribution is -0.141. The Kier molecular flexibility index (Phi) is 4.78. The fourth-order valence-corrected chi connectivity index (χ4v) is 4.74. The van der Waals surface area contributed by atoms with Gasteiger partial charge in [-0.25, -0.2) is 0 Å². The van der Waals surface area contributed by atoms with Crippen molar-refractivity contribution in [3.63, 3.8) is 0 Å². The van der Waals surface area contributed by atoms with Crippen LogP contribution in [0, 0.1) is 5.41 Å². The first kappa shape index (κ1) is 17.6. The van der Waals surface area contributed by atoms with Crippen LogP contribution < -0.4 is 0 Å². The predicted molar refractivity (Wildman–Crippen MR) is 97.8 cm³/mol. The summed E-state index contributed by atoms with van der Waals surface area (Å²) in [4.78, 5) is 29.1. The molecule has 2 amide bonds. The van der Waals surface area contributed by atoms with Crippen molar-refractivity contribution in [1.82, 2.24) is 14.4 Å². The summed E-state index contributed by atoms with van der Waals surface area (Å²) in [5.74, 6) is 0.392. The van der Waals surface area contributed by atoms with Gasteiger partial charge in [0.15, 0.2) is 0 Å². The molecule has 0 N–H and O–H groups in total. The van der Waals surface area contributed by atoms with Crippen LogP contribution in [0.4, 0.5) is 0 Å². The minimum Gasteiger partial charge on any atom is -0.376 e. The van der Waals surface area contributed by atoms with E-state index in [9.17, 15) is 9.59 Å². The molecule has 1 spiro atoms. The first-order valence-corrected chi connectivity index (χ1v) is 9.86. The van der Waals surface area contributed by atoms with E-state index in [-0.39, 0.29) is 23.3 Å². The molecule has 26 heavy (non-hydrogen) atoms. The molecule has 0 saturated carbocycles. The van der Waals surface area contributed by atoms with E-state index < -0.39 is 0 Å². The molecule has 6 heteroatoms. The van der Waals surface area contributed by atoms with E-state index in [4.69, 9.17) is 4.74 Å². The van der Waals surface area contributed by atoms with E-state index in [2.05, 4.69) is 0 Å². The Bertz CT molecular complexity index is 670. The summed E-state index contributed by atoms with van der Waals surface area (Å²) in [6.07, 6.45) is 7.86. The van der Waals surface area contributed by atoms with Crippen LogP contribution in [0.15, 0.2) is 18.3 Å². The van der Waals surface area contributed by atoms with E-state index in [1.165, 1.54) is 0 Å². The van der Waals surface area contributed by atoms with Crippen LogP contribution in [0.3, 0.4) is 0 Å². The number of hydrogen-bond acceptors (Lipinski definition) is 3. The fourth-order valence-electron chi connectivity index (χ4n) is 4.74. The molecule has 3 fully saturated rings. The Morgan fingerprint density at radius 2 is 2.12 bits per heavy atom. The number of ether oxygens (including phenoxy) is 1. The van der Waals surface area contributed by atoms with Gasteiger partial charge in [0.2, 0.25) is 5.91 Å². The maximum atomic E-state index is 12.7. The van der Waals surface area contributed by atoms with Gasteiger partial charge in [-0.3, -0.25) is 9.59 Å². The van der Waals surface area contributed by atoms with Crippen molar-refractivity contribution in [1.29, 1.82) is 0 Å². The van der Waals surface area contributed by atoms with Crippen LogP contribution in [-0.2, 0) is 16.6 Å². The van der Waals surface area contributed by atoms with Crippen LogP contribution in [0.2, 0.25) is 0 Å². The van der Waals surface area contributed by atoms with Gasteiger partial charge in [0.1, 0.15) is 5.69 Å². The van der Waals surface area contributed by atoms with Crippen molar-refractivity contribution >= 4 is 11.8 Å². The van der Waals surface area contributed by atoms with E-state index in [0.717, 1.165) is 70.6 Å². The van der Waals surface area contributed by atoms with E-state index >= 15 is 0 Å². The maximum absolute atomic E-state index is 12.7. The molecule has 3 aliphatic heterocycles. The van der Waals surface area contributed by atoms with Gasteiger partial charge in [0.05, 0.1) is 6.10 Å². The Hall–Kier alpha value is -1.82. The predicted octanol–water partition coefficient (Wildman–Crippen LogP) is 2.05. The Balaban J connectivity index is 1.37. The number of amides is 2. The molecule has 0 aliphatic carbocycles. The third-order valence-corrected chi connectivity index (χ3v) is 6.47. The molecular formula is C20H29N3O3. The molecule has 4 rings (SSSR count). The van der Waals surface area contributed by atoms with Gasteiger partial charge >= 0.3 is 0 Å². The van der Waals surface area contributed by atoms with Gasteiger partial charge in [-0.05, 0) is 49.7 Å². The molecule has 3 saturated heterocycles. The Morgan fingerprint density at radius 3 is 2.77 bits per heavy atom. The number of carbonyl (C=O) groups excluding carboxylic acids is 2. The average Bonchev–Trinajstić information content (AvgIpc) is 3.30. The Labute approximate surface area is 155 Å². The van der Waals surface area contributed by atoms with Gasteiger partial charge in [-0.1, -0.05) is 0 Å². The summed E-state index contributed by atoms with van der Waals surface area (Å²) in [6, 6.07) is 3.80. The van der Waals surface area contributed by atoms with Crippen molar-refractivity contribution in [2.45, 2.75) is 44.6 Å². The van der Waals surface area contributed by atoms with Crippen LogP contribution in [0.5, 0.6) is 0 Å². The number of hydrogen-bond donors (Lipinski definition) is 0. The molecule has 1 aromatic heterocycles. The zero-order valence-electron chi connectivity index (χ0n) is 15.7. The third kappa shape index (κ3) is 3.39. The molecular weight excluding hydrogens is 330 g/mol. The molecule has 1 atom stereocenters. The van der Waals surface area contributed by atoms with E-state index in [0.29, 0.717) is 6.42 Å². The van der Waals surface area contributed by atoms with Crippen molar-refractivity contribution in [2.24, 2.45) is 12.5 Å². The number of aryl methyl sites for hydroxylation is 1. The SMILES string of the molecule is Cn1cccc1C(=O)N1CCC2(CCC(=O)N(CC3CCCO3)C2)CC1. The quantitative estimate of drug-likeness (QED) is 0.830. The number of rotatable bonds is 3. The summed E-state index contributed by atoms with van der Waals surface area (Å²) in [5, 5.41) is 0. The summed E-state index contributed by atoms with van der Waals surface area (Å²) < 4.78 is 7.62. The van der Waals surface area contributed by atoms with Crippen LogP contribution in [-0.4, -0.2) is 65.1 Å². The molecule has 6 nitrogen and oxygen atoms in total. The lowest BCUT2D eigenvalue weighted by Crippen LogP contribution is -2.53. The summed E-state index contributed by atoms with van der Waals surface area (Å²) in [5.41, 5.74) is 0.928. The molecule has 1 unspecified atom stereocenters. The second kappa shape index (κ2) is 7.06. The highest BCUT2D eigenvalue weighted by atomic mass is 16.5. The van der Waals surface area contributed by atoms with Gasteiger partial charge < -0.3 is 19.1 Å². The average molecular weight is 359 g/mol. The second-order valence-electron chi connectivity index (χ2n) is 8.21. The fraction of sp³-hybridized carbons (Fsp3) is 0.700. The number of likely N-dealkylation sites (tertiary alicyclic amines) is 2. The lowest BCUT2D eigenvalue weighted by Gasteiger charge is -2.47. The van der Waals surface area contributed by atoms with Crippen molar-refractivity contribution < 1.29 is 14.3 Å². The van der Waals surface area contributed by atoms with Crippen LogP contribution in [0.1, 0.15) is 49.0 Å². The lowest BCUT2D eigenvalue weighted by atomic mass is 9.72. The third-order valence-electron chi connectivity index (χ3n) is 6.47. The van der Waals surface area contributed by atoms with Crippen LogP contribution in [0.25, 0.3) is 0 Å². The summed E-state index contributed by atoms with van der Waals surface area (Å²) in [6.45, 7) is 3.97. The molecule has 4 heterocycles. The number of aromatic nitrogens is 1. The second-order valence-corrected chi connectivity index (χ2v) is 8.21. The molecule has 3 aliphatic rings. The topological polar surface area (TPSA) is 54.8 Å². The highest BCUT2D eigenvalue weighted by Gasteiger charge is 2.42. The molecule has 0 bridgehead atoms. The van der Waals surface area contributed by atoms with Crippen LogP contribution >= 0.6 is 0 Å². The van der Waals surface area contributed by atoms with Crippen molar-refractivity contribution in [2.75, 3.05) is 32.8 Å². The first-order valence-electron chi connectivity index (χ1n) is 9.86. The summed E-state index contributed by atoms with van der Waals surface area (Å²) >= 11 is 0. The van der Waals surface area contributed by atoms with Gasteiger partial charge in [0, 0.05) is 52.5 Å². The molecule has 1 aromatic rings. The zero-order chi connectivity index (χ0) is 18.1. The minimum atomic E-state index is 0.121. The number of piperidine rings is 2. The van der Waals surface area contributed by atoms with Gasteiger partial charge in [-0.15, -0.1) is 0 Å². The normalized spacial score (nSPS) is 25.9. The summed E-state index contributed by atoms with van der Waals surface area (Å²) in [7, 11) is 1.91. The number of carbonyl (C=O) groups is 2. The van der Waals surface area contributed by atoms with E-state index in [1.54, 1.807) is 0 Å². The van der Waals surface area contributed by atoms with Gasteiger partial charge in [-0.2, -0.15) is 0 Å². The largest absolute Gasteiger partial charge is 0.376 e. The highest BCUT2D eigenvalue weighted by Crippen LogP contribution is 2.40.